The van der Waals surface area contributed by atoms with Crippen LogP contribution < -0.4 is 0 Å². The number of H-pyrrole nitrogens is 1. The topological polar surface area (TPSA) is 45.8 Å². The second kappa shape index (κ2) is 7.51. The highest BCUT2D eigenvalue weighted by Gasteiger charge is 2.29. The number of pyridine rings is 1. The summed E-state index contributed by atoms with van der Waals surface area (Å²) in [6, 6.07) is 10.3. The number of hydrogen-bond donors (Lipinski definition) is 1. The molecule has 5 heteroatoms. The number of halogens is 1. The van der Waals surface area contributed by atoms with E-state index in [4.69, 9.17) is 0 Å². The number of nitrogens with zero attached hydrogens (tertiary/aromatic N) is 1. The van der Waals surface area contributed by atoms with Crippen LogP contribution in [0.1, 0.15) is 33.1 Å². The van der Waals surface area contributed by atoms with Crippen molar-refractivity contribution in [3.8, 4) is 11.1 Å². The Morgan fingerprint density at radius 1 is 1.19 bits per heavy atom. The van der Waals surface area contributed by atoms with E-state index < -0.39 is 9.07 Å². The predicted molar refractivity (Wildman–Crippen MR) is 121 cm³/mol. The van der Waals surface area contributed by atoms with Crippen molar-refractivity contribution < 1.29 is 4.21 Å². The molecule has 0 aliphatic rings. The predicted octanol–water partition coefficient (Wildman–Crippen LogP) is 6.26. The fraction of sp³-hybridized carbons (Fsp3) is 0.409. The summed E-state index contributed by atoms with van der Waals surface area (Å²) in [5, 5.41) is 1.06. The molecule has 3 nitrogen and oxygen atoms in total. The molecule has 0 amide bonds. The van der Waals surface area contributed by atoms with Gasteiger partial charge in [-0.3, -0.25) is 4.21 Å². The van der Waals surface area contributed by atoms with Crippen molar-refractivity contribution in [2.75, 3.05) is 18.3 Å². The van der Waals surface area contributed by atoms with Crippen LogP contribution >= 0.6 is 15.9 Å². The molecule has 0 saturated heterocycles. The normalized spacial score (nSPS) is 13.8. The highest BCUT2D eigenvalue weighted by atomic mass is 79.9. The van der Waals surface area contributed by atoms with E-state index in [0.717, 1.165) is 56.5 Å². The summed E-state index contributed by atoms with van der Waals surface area (Å²) in [6.07, 6.45) is 11.0. The molecule has 1 N–H and O–H groups in total. The molecule has 0 atom stereocenters. The number of fused-ring (bicyclic) bond motifs is 1. The first-order chi connectivity index (χ1) is 12.7. The van der Waals surface area contributed by atoms with E-state index in [1.165, 1.54) is 0 Å². The first-order valence-corrected chi connectivity index (χ1v) is 13.3. The van der Waals surface area contributed by atoms with Crippen LogP contribution in [0, 0.1) is 5.92 Å². The highest BCUT2D eigenvalue weighted by molar-refractivity contribution is 9.10. The molecule has 0 unspecified atom stereocenters. The molecule has 3 aromatic rings. The molecule has 0 fully saturated rings. The molecule has 2 heterocycles. The van der Waals surface area contributed by atoms with E-state index in [0.29, 0.717) is 5.92 Å². The fourth-order valence-corrected chi connectivity index (χ4v) is 6.18. The Labute approximate surface area is 170 Å². The number of hydrogen-bond acceptors (Lipinski definition) is 2. The third-order valence-electron chi connectivity index (χ3n) is 5.65. The van der Waals surface area contributed by atoms with Gasteiger partial charge in [-0.05, 0) is 64.5 Å². The van der Waals surface area contributed by atoms with Crippen LogP contribution in [0.4, 0.5) is 0 Å². The van der Waals surface area contributed by atoms with Crippen LogP contribution in [0.5, 0.6) is 0 Å². The maximum atomic E-state index is 13.9. The number of benzene rings is 1. The third-order valence-corrected chi connectivity index (χ3v) is 9.23. The zero-order valence-corrected chi connectivity index (χ0v) is 19.0. The number of rotatable bonds is 7. The van der Waals surface area contributed by atoms with E-state index in [1.54, 1.807) is 6.20 Å². The summed E-state index contributed by atoms with van der Waals surface area (Å²) in [7, 11) is -2.89. The van der Waals surface area contributed by atoms with Crippen LogP contribution in [-0.2, 0) is 9.07 Å². The second-order valence-corrected chi connectivity index (χ2v) is 14.0. The Balaban J connectivity index is 1.99. The summed E-state index contributed by atoms with van der Waals surface area (Å²) in [5.41, 5.74) is 3.02. The standard InChI is InChI=1S/C22H29BrN2OS/c1-5-16(6-2)10-11-27(3,4,26)19-9-7-8-17(12-19)21-15-25-22-20(21)13-18(23)14-24-22/h7-9,12-16H,5-6,10-11H2,1-4H3,(H,24,25). The molecule has 2 aromatic heterocycles. The first kappa shape index (κ1) is 20.3. The van der Waals surface area contributed by atoms with Crippen molar-refractivity contribution in [2.24, 2.45) is 5.92 Å². The molecule has 0 bridgehead atoms. The lowest BCUT2D eigenvalue weighted by molar-refractivity contribution is 0.477. The Hall–Kier alpha value is -1.46. The van der Waals surface area contributed by atoms with Crippen molar-refractivity contribution >= 4 is 36.0 Å². The lowest BCUT2D eigenvalue weighted by Gasteiger charge is -2.36. The van der Waals surface area contributed by atoms with Crippen molar-refractivity contribution in [2.45, 2.75) is 38.0 Å². The monoisotopic (exact) mass is 448 g/mol. The van der Waals surface area contributed by atoms with Crippen LogP contribution in [0.15, 0.2) is 52.1 Å². The lowest BCUT2D eigenvalue weighted by Crippen LogP contribution is -2.34. The molecule has 0 spiro atoms. The van der Waals surface area contributed by atoms with Crippen LogP contribution in [-0.4, -0.2) is 32.4 Å². The SMILES string of the molecule is CCC(CC)CCS(C)(C)(=O)c1cccc(-c2c[nH]c3ncc(Br)cc23)c1. The van der Waals surface area contributed by atoms with Gasteiger partial charge in [-0.15, -0.1) is 0 Å². The van der Waals surface area contributed by atoms with Crippen LogP contribution in [0.3, 0.4) is 0 Å². The van der Waals surface area contributed by atoms with E-state index >= 15 is 0 Å². The minimum absolute atomic E-state index is 0.648. The second-order valence-electron chi connectivity index (χ2n) is 8.03. The minimum Gasteiger partial charge on any atom is -0.346 e. The smallest absolute Gasteiger partial charge is 0.137 e. The largest absolute Gasteiger partial charge is 0.346 e. The van der Waals surface area contributed by atoms with E-state index in [9.17, 15) is 4.21 Å². The Bertz CT molecular complexity index is 1010. The molecular formula is C22H29BrN2OS. The molecule has 27 heavy (non-hydrogen) atoms. The van der Waals surface area contributed by atoms with Gasteiger partial charge in [-0.2, -0.15) is 0 Å². The molecule has 0 aliphatic heterocycles. The summed E-state index contributed by atoms with van der Waals surface area (Å²) in [6.45, 7) is 4.45. The molecule has 0 aliphatic carbocycles. The first-order valence-electron chi connectivity index (χ1n) is 9.55. The number of aromatic nitrogens is 2. The zero-order valence-electron chi connectivity index (χ0n) is 16.6. The average molecular weight is 449 g/mol. The van der Waals surface area contributed by atoms with Gasteiger partial charge in [-0.25, -0.2) is 4.98 Å². The van der Waals surface area contributed by atoms with Crippen LogP contribution in [0.25, 0.3) is 22.2 Å². The summed E-state index contributed by atoms with van der Waals surface area (Å²) < 4.78 is 14.9. The maximum Gasteiger partial charge on any atom is 0.137 e. The molecule has 0 saturated carbocycles. The van der Waals surface area contributed by atoms with Gasteiger partial charge < -0.3 is 4.98 Å². The molecule has 0 radical (unpaired) electrons. The van der Waals surface area contributed by atoms with Crippen molar-refractivity contribution in [3.63, 3.8) is 0 Å². The average Bonchev–Trinajstić information content (AvgIpc) is 3.05. The minimum atomic E-state index is -2.89. The fourth-order valence-electron chi connectivity index (χ4n) is 3.60. The highest BCUT2D eigenvalue weighted by Crippen LogP contribution is 2.36. The van der Waals surface area contributed by atoms with Gasteiger partial charge in [0.25, 0.3) is 0 Å². The quantitative estimate of drug-likeness (QED) is 0.463. The number of nitrogens with one attached hydrogen (secondary N) is 1. The van der Waals surface area contributed by atoms with Crippen molar-refractivity contribution in [1.29, 1.82) is 0 Å². The van der Waals surface area contributed by atoms with Crippen LogP contribution in [0.2, 0.25) is 0 Å². The van der Waals surface area contributed by atoms with Gasteiger partial charge >= 0.3 is 0 Å². The van der Waals surface area contributed by atoms with Crippen molar-refractivity contribution in [3.05, 3.63) is 47.2 Å². The molecule has 3 rings (SSSR count). The van der Waals surface area contributed by atoms with Gasteiger partial charge in [0.15, 0.2) is 0 Å². The summed E-state index contributed by atoms with van der Waals surface area (Å²) in [4.78, 5) is 8.61. The number of aromatic amines is 1. The summed E-state index contributed by atoms with van der Waals surface area (Å²) >= 11 is 3.51. The van der Waals surface area contributed by atoms with Gasteiger partial charge in [0.1, 0.15) is 5.65 Å². The third kappa shape index (κ3) is 4.35. The molecule has 146 valence electrons. The van der Waals surface area contributed by atoms with E-state index in [1.807, 2.05) is 30.8 Å². The van der Waals surface area contributed by atoms with Gasteiger partial charge in [-0.1, -0.05) is 47.9 Å². The van der Waals surface area contributed by atoms with Gasteiger partial charge in [0, 0.05) is 38.5 Å². The van der Waals surface area contributed by atoms with Gasteiger partial charge in [0.2, 0.25) is 0 Å². The Morgan fingerprint density at radius 3 is 2.63 bits per heavy atom. The van der Waals surface area contributed by atoms with E-state index in [-0.39, 0.29) is 0 Å². The Morgan fingerprint density at radius 2 is 1.93 bits per heavy atom. The zero-order chi connectivity index (χ0) is 19.7. The maximum absolute atomic E-state index is 13.9. The van der Waals surface area contributed by atoms with E-state index in [2.05, 4.69) is 57.9 Å². The summed E-state index contributed by atoms with van der Waals surface area (Å²) in [5.74, 6) is 1.39. The molecular weight excluding hydrogens is 420 g/mol. The Kier molecular flexibility index (Phi) is 5.64. The van der Waals surface area contributed by atoms with Crippen molar-refractivity contribution in [1.82, 2.24) is 9.97 Å². The molecule has 1 aromatic carbocycles. The van der Waals surface area contributed by atoms with Gasteiger partial charge in [0.05, 0.1) is 0 Å². The lowest BCUT2D eigenvalue weighted by atomic mass is 10.0.